The van der Waals surface area contributed by atoms with Gasteiger partial charge in [0.2, 0.25) is 0 Å². The van der Waals surface area contributed by atoms with Crippen molar-refractivity contribution in [2.45, 2.75) is 6.92 Å². The third-order valence-electron chi connectivity index (χ3n) is 3.86. The molecule has 0 amide bonds. The molecule has 0 aliphatic rings. The quantitative estimate of drug-likeness (QED) is 0.488. The first-order valence-electron chi connectivity index (χ1n) is 8.05. The van der Waals surface area contributed by atoms with Crippen molar-refractivity contribution in [3.63, 3.8) is 0 Å². The standard InChI is InChI=1S/C19H14Br2N4O3/c1-11-24-16-4-3-13(20)8-14(16)19(26)25(11)23-10-12-7-17(27-2)18(9-15(12)21)28-6-5-22/h3-4,7-10H,6H2,1-2H3. The highest BCUT2D eigenvalue weighted by Crippen LogP contribution is 2.32. The average molecular weight is 506 g/mol. The Morgan fingerprint density at radius 1 is 1.29 bits per heavy atom. The smallest absolute Gasteiger partial charge is 0.282 e. The molecule has 0 aliphatic carbocycles. The first kappa shape index (κ1) is 20.0. The van der Waals surface area contributed by atoms with Crippen LogP contribution in [0.5, 0.6) is 11.5 Å². The van der Waals surface area contributed by atoms with E-state index < -0.39 is 0 Å². The summed E-state index contributed by atoms with van der Waals surface area (Å²) < 4.78 is 13.4. The predicted octanol–water partition coefficient (Wildman–Crippen LogP) is 4.02. The number of methoxy groups -OCH3 is 1. The summed E-state index contributed by atoms with van der Waals surface area (Å²) in [5.41, 5.74) is 1.01. The van der Waals surface area contributed by atoms with E-state index in [0.717, 1.165) is 4.47 Å². The highest BCUT2D eigenvalue weighted by Gasteiger charge is 2.11. The van der Waals surface area contributed by atoms with Gasteiger partial charge in [-0.1, -0.05) is 15.9 Å². The molecule has 0 spiro atoms. The van der Waals surface area contributed by atoms with Gasteiger partial charge in [-0.25, -0.2) is 4.98 Å². The van der Waals surface area contributed by atoms with Gasteiger partial charge in [-0.3, -0.25) is 4.79 Å². The summed E-state index contributed by atoms with van der Waals surface area (Å²) in [7, 11) is 1.50. The van der Waals surface area contributed by atoms with Crippen LogP contribution >= 0.6 is 31.9 Å². The third-order valence-corrected chi connectivity index (χ3v) is 5.04. The number of nitrogens with zero attached hydrogens (tertiary/aromatic N) is 4. The second-order valence-electron chi connectivity index (χ2n) is 5.65. The number of ether oxygens (including phenoxy) is 2. The number of aryl methyl sites for hydroxylation is 1. The van der Waals surface area contributed by atoms with E-state index in [1.54, 1.807) is 31.2 Å². The molecule has 0 unspecified atom stereocenters. The summed E-state index contributed by atoms with van der Waals surface area (Å²) in [5, 5.41) is 13.5. The molecular weight excluding hydrogens is 492 g/mol. The summed E-state index contributed by atoms with van der Waals surface area (Å²) in [4.78, 5) is 17.2. The van der Waals surface area contributed by atoms with Gasteiger partial charge in [0, 0.05) is 14.5 Å². The Morgan fingerprint density at radius 2 is 2.07 bits per heavy atom. The Hall–Kier alpha value is -2.70. The predicted molar refractivity (Wildman–Crippen MR) is 113 cm³/mol. The molecule has 142 valence electrons. The minimum absolute atomic E-state index is 0.0941. The van der Waals surface area contributed by atoms with Crippen LogP contribution < -0.4 is 15.0 Å². The molecule has 0 saturated carbocycles. The molecule has 0 atom stereocenters. The van der Waals surface area contributed by atoms with Crippen molar-refractivity contribution in [1.82, 2.24) is 9.66 Å². The number of nitriles is 1. The van der Waals surface area contributed by atoms with E-state index in [1.165, 1.54) is 18.0 Å². The molecular formula is C19H14Br2N4O3. The zero-order valence-corrected chi connectivity index (χ0v) is 18.1. The highest BCUT2D eigenvalue weighted by molar-refractivity contribution is 9.10. The van der Waals surface area contributed by atoms with Crippen molar-refractivity contribution in [3.8, 4) is 17.6 Å². The molecule has 7 nitrogen and oxygen atoms in total. The summed E-state index contributed by atoms with van der Waals surface area (Å²) in [6, 6.07) is 10.6. The lowest BCUT2D eigenvalue weighted by Gasteiger charge is -2.11. The van der Waals surface area contributed by atoms with Gasteiger partial charge < -0.3 is 9.47 Å². The number of hydrogen-bond donors (Lipinski definition) is 0. The van der Waals surface area contributed by atoms with Crippen LogP contribution in [0.25, 0.3) is 10.9 Å². The number of halogens is 2. The van der Waals surface area contributed by atoms with E-state index >= 15 is 0 Å². The molecule has 0 radical (unpaired) electrons. The molecule has 1 aromatic heterocycles. The molecule has 0 aliphatic heterocycles. The third kappa shape index (κ3) is 4.08. The minimum Gasteiger partial charge on any atom is -0.493 e. The van der Waals surface area contributed by atoms with E-state index in [0.29, 0.717) is 38.3 Å². The van der Waals surface area contributed by atoms with E-state index in [9.17, 15) is 4.79 Å². The van der Waals surface area contributed by atoms with Gasteiger partial charge in [0.25, 0.3) is 5.56 Å². The molecule has 0 saturated heterocycles. The van der Waals surface area contributed by atoms with Crippen LogP contribution in [0.2, 0.25) is 0 Å². The van der Waals surface area contributed by atoms with Crippen molar-refractivity contribution in [1.29, 1.82) is 5.26 Å². The zero-order valence-electron chi connectivity index (χ0n) is 14.9. The van der Waals surface area contributed by atoms with Crippen molar-refractivity contribution < 1.29 is 9.47 Å². The number of fused-ring (bicyclic) bond motifs is 1. The van der Waals surface area contributed by atoms with Crippen LogP contribution in [0.4, 0.5) is 0 Å². The van der Waals surface area contributed by atoms with Crippen LogP contribution in [-0.2, 0) is 0 Å². The number of hydrogen-bond acceptors (Lipinski definition) is 6. The Bertz CT molecular complexity index is 1180. The Morgan fingerprint density at radius 3 is 2.79 bits per heavy atom. The van der Waals surface area contributed by atoms with Crippen molar-refractivity contribution >= 4 is 49.0 Å². The fourth-order valence-corrected chi connectivity index (χ4v) is 3.33. The molecule has 3 aromatic rings. The highest BCUT2D eigenvalue weighted by atomic mass is 79.9. The number of benzene rings is 2. The van der Waals surface area contributed by atoms with Gasteiger partial charge in [-0.15, -0.1) is 0 Å². The van der Waals surface area contributed by atoms with Crippen molar-refractivity contribution in [3.05, 3.63) is 61.0 Å². The maximum Gasteiger partial charge on any atom is 0.282 e. The van der Waals surface area contributed by atoms with Gasteiger partial charge >= 0.3 is 0 Å². The van der Waals surface area contributed by atoms with Crippen LogP contribution in [0.3, 0.4) is 0 Å². The minimum atomic E-state index is -0.267. The summed E-state index contributed by atoms with van der Waals surface area (Å²) in [6.07, 6.45) is 1.53. The van der Waals surface area contributed by atoms with Crippen LogP contribution in [-0.4, -0.2) is 29.6 Å². The first-order valence-corrected chi connectivity index (χ1v) is 9.63. The lowest BCUT2D eigenvalue weighted by Crippen LogP contribution is -2.20. The largest absolute Gasteiger partial charge is 0.493 e. The maximum absolute atomic E-state index is 12.8. The average Bonchev–Trinajstić information content (AvgIpc) is 2.68. The van der Waals surface area contributed by atoms with Crippen molar-refractivity contribution in [2.75, 3.05) is 13.7 Å². The molecule has 0 N–H and O–H groups in total. The molecule has 1 heterocycles. The zero-order chi connectivity index (χ0) is 20.3. The molecule has 0 fully saturated rings. The SMILES string of the molecule is COc1cc(C=Nn2c(C)nc3ccc(Br)cc3c2=O)c(Br)cc1OCC#N. The lowest BCUT2D eigenvalue weighted by atomic mass is 10.2. The van der Waals surface area contributed by atoms with E-state index in [4.69, 9.17) is 14.7 Å². The Labute approximate surface area is 177 Å². The molecule has 28 heavy (non-hydrogen) atoms. The van der Waals surface area contributed by atoms with Crippen LogP contribution in [0, 0.1) is 18.3 Å². The van der Waals surface area contributed by atoms with E-state index in [1.807, 2.05) is 12.1 Å². The lowest BCUT2D eigenvalue weighted by molar-refractivity contribution is 0.329. The first-order chi connectivity index (χ1) is 13.4. The van der Waals surface area contributed by atoms with Crippen LogP contribution in [0.15, 0.2) is 49.2 Å². The van der Waals surface area contributed by atoms with Gasteiger partial charge in [0.15, 0.2) is 18.1 Å². The Kier molecular flexibility index (Phi) is 6.11. The number of aromatic nitrogens is 2. The molecule has 2 aromatic carbocycles. The fraction of sp³-hybridized carbons (Fsp3) is 0.158. The summed E-state index contributed by atoms with van der Waals surface area (Å²) in [5.74, 6) is 1.34. The van der Waals surface area contributed by atoms with Gasteiger partial charge in [-0.2, -0.15) is 15.0 Å². The second kappa shape index (κ2) is 8.54. The summed E-state index contributed by atoms with van der Waals surface area (Å²) in [6.45, 7) is 1.62. The molecule has 9 heteroatoms. The van der Waals surface area contributed by atoms with Crippen LogP contribution in [0.1, 0.15) is 11.4 Å². The Balaban J connectivity index is 2.05. The summed E-state index contributed by atoms with van der Waals surface area (Å²) >= 11 is 6.81. The molecule has 0 bridgehead atoms. The maximum atomic E-state index is 12.8. The monoisotopic (exact) mass is 504 g/mol. The van der Waals surface area contributed by atoms with E-state index in [-0.39, 0.29) is 12.2 Å². The second-order valence-corrected chi connectivity index (χ2v) is 7.42. The number of rotatable bonds is 5. The fourth-order valence-electron chi connectivity index (χ4n) is 2.55. The molecule has 3 rings (SSSR count). The van der Waals surface area contributed by atoms with Gasteiger partial charge in [0.1, 0.15) is 11.9 Å². The normalized spacial score (nSPS) is 11.0. The van der Waals surface area contributed by atoms with Gasteiger partial charge in [-0.05, 0) is 53.2 Å². The topological polar surface area (TPSA) is 89.5 Å². The van der Waals surface area contributed by atoms with Crippen molar-refractivity contribution in [2.24, 2.45) is 5.10 Å². The van der Waals surface area contributed by atoms with E-state index in [2.05, 4.69) is 41.9 Å². The van der Waals surface area contributed by atoms with Gasteiger partial charge in [0.05, 0.1) is 24.2 Å².